The lowest BCUT2D eigenvalue weighted by atomic mass is 9.92. The Morgan fingerprint density at radius 2 is 1.85 bits per heavy atom. The third-order valence-electron chi connectivity index (χ3n) is 6.04. The number of anilines is 3. The Morgan fingerprint density at radius 3 is 2.65 bits per heavy atom. The number of nitrogens with zero attached hydrogens (tertiary/aromatic N) is 3. The predicted octanol–water partition coefficient (Wildman–Crippen LogP) is 2.31. The van der Waals surface area contributed by atoms with Crippen LogP contribution >= 0.6 is 0 Å². The Labute approximate surface area is 193 Å². The lowest BCUT2D eigenvalue weighted by Gasteiger charge is -2.30. The van der Waals surface area contributed by atoms with Crippen LogP contribution in [-0.4, -0.2) is 33.3 Å². The number of benzene rings is 2. The van der Waals surface area contributed by atoms with E-state index < -0.39 is 28.2 Å². The molecule has 0 saturated heterocycles. The molecule has 1 unspecified atom stereocenters. The zero-order chi connectivity index (χ0) is 23.8. The highest BCUT2D eigenvalue weighted by Crippen LogP contribution is 2.32. The fourth-order valence-electron chi connectivity index (χ4n) is 4.37. The van der Waals surface area contributed by atoms with Crippen LogP contribution < -0.4 is 21.1 Å². The Balaban J connectivity index is 1.46. The van der Waals surface area contributed by atoms with E-state index in [1.54, 1.807) is 6.07 Å². The van der Waals surface area contributed by atoms with Gasteiger partial charge in [-0.15, -0.1) is 0 Å². The quantitative estimate of drug-likeness (QED) is 0.399. The van der Waals surface area contributed by atoms with Crippen molar-refractivity contribution in [1.82, 2.24) is 9.97 Å². The van der Waals surface area contributed by atoms with Crippen LogP contribution in [0.1, 0.15) is 29.0 Å². The molecule has 2 aliphatic rings. The Hall–Kier alpha value is -4.54. The number of hydrogen-bond acceptors (Lipinski definition) is 7. The largest absolute Gasteiger partial charge is 0.338 e. The van der Waals surface area contributed by atoms with Crippen LogP contribution in [0.2, 0.25) is 0 Å². The predicted molar refractivity (Wildman–Crippen MR) is 124 cm³/mol. The number of nitro groups is 1. The molecule has 3 aromatic rings. The van der Waals surface area contributed by atoms with Crippen molar-refractivity contribution < 1.29 is 14.5 Å². The van der Waals surface area contributed by atoms with Gasteiger partial charge in [0.2, 0.25) is 17.8 Å². The second kappa shape index (κ2) is 8.43. The summed E-state index contributed by atoms with van der Waals surface area (Å²) in [6.07, 6.45) is 0.505. The molecule has 172 valence electrons. The van der Waals surface area contributed by atoms with Crippen LogP contribution in [0.3, 0.4) is 0 Å². The average molecular weight is 460 g/mol. The number of nitro benzene ring substituents is 1. The third-order valence-corrected chi connectivity index (χ3v) is 6.04. The molecule has 2 amide bonds. The number of para-hydroxylation sites is 2. The minimum Gasteiger partial charge on any atom is -0.338 e. The van der Waals surface area contributed by atoms with Gasteiger partial charge >= 0.3 is 0 Å². The van der Waals surface area contributed by atoms with Gasteiger partial charge in [0.25, 0.3) is 11.2 Å². The molecule has 0 aliphatic carbocycles. The number of nitrogens with one attached hydrogen (secondary N) is 3. The van der Waals surface area contributed by atoms with Crippen LogP contribution in [0.25, 0.3) is 0 Å². The monoisotopic (exact) mass is 460 g/mol. The van der Waals surface area contributed by atoms with E-state index in [9.17, 15) is 24.5 Å². The van der Waals surface area contributed by atoms with E-state index >= 15 is 0 Å². The molecular formula is C23H20N6O5. The van der Waals surface area contributed by atoms with Crippen molar-refractivity contribution in [3.63, 3.8) is 0 Å². The highest BCUT2D eigenvalue weighted by Gasteiger charge is 2.36. The number of carbonyl (C=O) groups excluding carboxylic acids is 2. The van der Waals surface area contributed by atoms with E-state index in [0.29, 0.717) is 19.0 Å². The molecule has 0 bridgehead atoms. The lowest BCUT2D eigenvalue weighted by Crippen LogP contribution is -2.39. The highest BCUT2D eigenvalue weighted by molar-refractivity contribution is 6.05. The van der Waals surface area contributed by atoms with Gasteiger partial charge in [0.1, 0.15) is 11.5 Å². The maximum absolute atomic E-state index is 13.1. The van der Waals surface area contributed by atoms with E-state index in [4.69, 9.17) is 0 Å². The van der Waals surface area contributed by atoms with Crippen LogP contribution in [0.5, 0.6) is 0 Å². The fourth-order valence-corrected chi connectivity index (χ4v) is 4.37. The molecule has 34 heavy (non-hydrogen) atoms. The van der Waals surface area contributed by atoms with Gasteiger partial charge in [-0.1, -0.05) is 36.4 Å². The van der Waals surface area contributed by atoms with Crippen molar-refractivity contribution in [1.29, 1.82) is 0 Å². The zero-order valence-corrected chi connectivity index (χ0v) is 17.9. The fraction of sp³-hybridized carbons (Fsp3) is 0.217. The first-order valence-electron chi connectivity index (χ1n) is 10.7. The molecule has 5 rings (SSSR count). The highest BCUT2D eigenvalue weighted by atomic mass is 16.6. The number of H-pyrrole nitrogens is 1. The van der Waals surface area contributed by atoms with Gasteiger partial charge in [0, 0.05) is 25.6 Å². The molecule has 3 N–H and O–H groups in total. The van der Waals surface area contributed by atoms with Gasteiger partial charge in [-0.25, -0.2) is 0 Å². The summed E-state index contributed by atoms with van der Waals surface area (Å²) in [7, 11) is 0. The molecule has 0 radical (unpaired) electrons. The number of rotatable bonds is 4. The van der Waals surface area contributed by atoms with Crippen LogP contribution in [-0.2, 0) is 22.6 Å². The van der Waals surface area contributed by atoms with Gasteiger partial charge in [0.05, 0.1) is 16.4 Å². The molecule has 3 heterocycles. The zero-order valence-electron chi connectivity index (χ0n) is 17.9. The van der Waals surface area contributed by atoms with E-state index in [-0.39, 0.29) is 29.2 Å². The molecule has 2 aromatic carbocycles. The summed E-state index contributed by atoms with van der Waals surface area (Å²) >= 11 is 0. The smallest absolute Gasteiger partial charge is 0.292 e. The summed E-state index contributed by atoms with van der Waals surface area (Å²) in [6.45, 7) is 1.18. The molecular weight excluding hydrogens is 440 g/mol. The first-order chi connectivity index (χ1) is 16.4. The van der Waals surface area contributed by atoms with Gasteiger partial charge in [-0.2, -0.15) is 4.98 Å². The summed E-state index contributed by atoms with van der Waals surface area (Å²) in [5.41, 5.74) is 1.54. The van der Waals surface area contributed by atoms with E-state index in [2.05, 4.69) is 26.7 Å². The van der Waals surface area contributed by atoms with Crippen molar-refractivity contribution in [2.45, 2.75) is 25.3 Å². The van der Waals surface area contributed by atoms with Crippen molar-refractivity contribution in [3.8, 4) is 0 Å². The summed E-state index contributed by atoms with van der Waals surface area (Å²) < 4.78 is 0. The second-order valence-corrected chi connectivity index (χ2v) is 8.16. The average Bonchev–Trinajstić information content (AvgIpc) is 2.83. The molecule has 11 nitrogen and oxygen atoms in total. The molecule has 0 saturated carbocycles. The van der Waals surface area contributed by atoms with E-state index in [1.807, 2.05) is 23.1 Å². The number of amides is 2. The summed E-state index contributed by atoms with van der Waals surface area (Å²) in [6, 6.07) is 13.7. The number of fused-ring (bicyclic) bond motifs is 2. The van der Waals surface area contributed by atoms with E-state index in [0.717, 1.165) is 12.0 Å². The van der Waals surface area contributed by atoms with Crippen molar-refractivity contribution in [3.05, 3.63) is 85.7 Å². The van der Waals surface area contributed by atoms with Crippen LogP contribution in [0.4, 0.5) is 23.1 Å². The van der Waals surface area contributed by atoms with Crippen LogP contribution in [0, 0.1) is 10.1 Å². The van der Waals surface area contributed by atoms with Gasteiger partial charge in [0.15, 0.2) is 0 Å². The number of aromatic nitrogens is 2. The molecule has 1 aromatic heterocycles. The van der Waals surface area contributed by atoms with Gasteiger partial charge < -0.3 is 15.5 Å². The molecule has 2 aliphatic heterocycles. The first-order valence-corrected chi connectivity index (χ1v) is 10.7. The summed E-state index contributed by atoms with van der Waals surface area (Å²) in [5.74, 6) is -1.98. The Bertz CT molecular complexity index is 1380. The standard InChI is InChI=1S/C23H20N6O5/c30-18-11-15(21(31)24-16-7-3-4-8-17(16)29(33)34)19-20(25-18)26-23(27-22(19)32)28-10-9-13-5-1-2-6-14(13)12-28/h1-8,15H,9-12H2,(H,24,31)(H2,25,26,27,30,32). The normalized spacial score (nSPS) is 16.8. The van der Waals surface area contributed by atoms with Crippen molar-refractivity contribution in [2.75, 3.05) is 22.1 Å². The minimum atomic E-state index is -1.14. The van der Waals surface area contributed by atoms with Gasteiger partial charge in [-0.3, -0.25) is 29.5 Å². The summed E-state index contributed by atoms with van der Waals surface area (Å²) in [5, 5.41) is 16.3. The SMILES string of the molecule is O=C1CC(C(=O)Nc2ccccc2[N+](=O)[O-])c2c(nc(N3CCc4ccccc4C3)[nH]c2=O)N1. The third kappa shape index (κ3) is 3.87. The first kappa shape index (κ1) is 21.3. The van der Waals surface area contributed by atoms with Crippen molar-refractivity contribution in [2.24, 2.45) is 0 Å². The number of carbonyl (C=O) groups is 2. The minimum absolute atomic E-state index is 0.0157. The van der Waals surface area contributed by atoms with Crippen LogP contribution in [0.15, 0.2) is 53.3 Å². The maximum Gasteiger partial charge on any atom is 0.292 e. The lowest BCUT2D eigenvalue weighted by molar-refractivity contribution is -0.383. The Kier molecular flexibility index (Phi) is 5.28. The second-order valence-electron chi connectivity index (χ2n) is 8.16. The van der Waals surface area contributed by atoms with E-state index in [1.165, 1.54) is 23.8 Å². The molecule has 1 atom stereocenters. The van der Waals surface area contributed by atoms with Crippen molar-refractivity contribution >= 4 is 35.0 Å². The Morgan fingerprint density at radius 1 is 1.12 bits per heavy atom. The topological polar surface area (TPSA) is 150 Å². The van der Waals surface area contributed by atoms with Gasteiger partial charge in [-0.05, 0) is 23.6 Å². The molecule has 0 spiro atoms. The maximum atomic E-state index is 13.1. The molecule has 0 fully saturated rings. The summed E-state index contributed by atoms with van der Waals surface area (Å²) in [4.78, 5) is 58.2. The number of aromatic amines is 1. The number of hydrogen-bond donors (Lipinski definition) is 3. The molecule has 11 heteroatoms.